The Morgan fingerprint density at radius 1 is 1.05 bits per heavy atom. The number of carbonyl (C=O) groups excluding carboxylic acids is 1. The van der Waals surface area contributed by atoms with Gasteiger partial charge in [0.25, 0.3) is 0 Å². The van der Waals surface area contributed by atoms with E-state index >= 15 is 0 Å². The number of hydrogen-bond acceptors (Lipinski definition) is 1. The van der Waals surface area contributed by atoms with Crippen molar-refractivity contribution < 1.29 is 4.79 Å². The molecule has 1 aliphatic carbocycles. The third-order valence-corrected chi connectivity index (χ3v) is 4.00. The summed E-state index contributed by atoms with van der Waals surface area (Å²) >= 11 is 0. The highest BCUT2D eigenvalue weighted by molar-refractivity contribution is 5.99. The van der Waals surface area contributed by atoms with Crippen molar-refractivity contribution >= 4 is 5.78 Å². The molecular formula is C18H18O. The number of rotatable bonds is 2. The van der Waals surface area contributed by atoms with Crippen molar-refractivity contribution in [2.75, 3.05) is 0 Å². The molecule has 0 saturated carbocycles. The molecule has 19 heavy (non-hydrogen) atoms. The first-order valence-electron chi connectivity index (χ1n) is 6.94. The normalized spacial score (nSPS) is 18.2. The maximum Gasteiger partial charge on any atom is 0.163 e. The van der Waals surface area contributed by atoms with Crippen LogP contribution in [0.25, 0.3) is 0 Å². The fourth-order valence-electron chi connectivity index (χ4n) is 2.85. The molecule has 2 aromatic carbocycles. The van der Waals surface area contributed by atoms with E-state index in [4.69, 9.17) is 0 Å². The van der Waals surface area contributed by atoms with Crippen LogP contribution in [0, 0.1) is 0 Å². The molecule has 1 aliphatic rings. The van der Waals surface area contributed by atoms with Crippen molar-refractivity contribution in [1.82, 2.24) is 0 Å². The number of Topliss-reactive ketones (excluding diaryl/α,β-unsaturated/α-hetero) is 1. The van der Waals surface area contributed by atoms with Gasteiger partial charge in [0.1, 0.15) is 0 Å². The van der Waals surface area contributed by atoms with Gasteiger partial charge < -0.3 is 0 Å². The number of hydrogen-bond donors (Lipinski definition) is 0. The zero-order chi connectivity index (χ0) is 13.2. The molecule has 1 atom stereocenters. The van der Waals surface area contributed by atoms with E-state index in [1.165, 1.54) is 16.7 Å². The molecule has 1 nitrogen and oxygen atoms in total. The highest BCUT2D eigenvalue weighted by Gasteiger charge is 2.22. The lowest BCUT2D eigenvalue weighted by Crippen LogP contribution is -2.14. The van der Waals surface area contributed by atoms with E-state index in [0.29, 0.717) is 18.1 Å². The minimum atomic E-state index is 0.308. The average Bonchev–Trinajstić information content (AvgIpc) is 2.44. The molecule has 3 rings (SSSR count). The van der Waals surface area contributed by atoms with Gasteiger partial charge in [-0.05, 0) is 41.5 Å². The summed E-state index contributed by atoms with van der Waals surface area (Å²) in [6, 6.07) is 16.8. The van der Waals surface area contributed by atoms with Gasteiger partial charge in [-0.2, -0.15) is 0 Å². The van der Waals surface area contributed by atoms with Gasteiger partial charge in [-0.25, -0.2) is 0 Å². The van der Waals surface area contributed by atoms with Gasteiger partial charge in [0, 0.05) is 12.0 Å². The van der Waals surface area contributed by atoms with Crippen LogP contribution in [0.3, 0.4) is 0 Å². The lowest BCUT2D eigenvalue weighted by atomic mass is 9.82. The van der Waals surface area contributed by atoms with Crippen molar-refractivity contribution in [3.63, 3.8) is 0 Å². The maximum absolute atomic E-state index is 12.0. The first-order chi connectivity index (χ1) is 9.24. The van der Waals surface area contributed by atoms with Crippen LogP contribution in [0.2, 0.25) is 0 Å². The average molecular weight is 250 g/mol. The molecule has 0 bridgehead atoms. The summed E-state index contributed by atoms with van der Waals surface area (Å²) in [6.07, 6.45) is 2.59. The van der Waals surface area contributed by atoms with Gasteiger partial charge in [-0.15, -0.1) is 0 Å². The van der Waals surface area contributed by atoms with E-state index in [9.17, 15) is 4.79 Å². The Hall–Kier alpha value is -1.89. The summed E-state index contributed by atoms with van der Waals surface area (Å²) in [6.45, 7) is 2.21. The van der Waals surface area contributed by atoms with E-state index in [1.807, 2.05) is 6.07 Å². The van der Waals surface area contributed by atoms with Crippen LogP contribution >= 0.6 is 0 Å². The molecular weight excluding hydrogens is 232 g/mol. The zero-order valence-corrected chi connectivity index (χ0v) is 11.2. The van der Waals surface area contributed by atoms with Crippen molar-refractivity contribution in [3.05, 3.63) is 70.8 Å². The predicted molar refractivity (Wildman–Crippen MR) is 77.7 cm³/mol. The van der Waals surface area contributed by atoms with Crippen molar-refractivity contribution in [3.8, 4) is 0 Å². The molecule has 0 N–H and O–H groups in total. The lowest BCUT2D eigenvalue weighted by molar-refractivity contribution is 0.0968. The second-order valence-corrected chi connectivity index (χ2v) is 5.45. The number of benzene rings is 2. The molecule has 0 saturated heterocycles. The Bertz CT molecular complexity index is 598. The predicted octanol–water partition coefficient (Wildman–Crippen LogP) is 4.36. The minimum absolute atomic E-state index is 0.308. The molecule has 0 spiro atoms. The van der Waals surface area contributed by atoms with E-state index in [1.54, 1.807) is 0 Å². The molecule has 2 aromatic rings. The van der Waals surface area contributed by atoms with Crippen LogP contribution in [0.4, 0.5) is 0 Å². The number of ketones is 1. The second-order valence-electron chi connectivity index (χ2n) is 5.45. The fraction of sp³-hybridized carbons (Fsp3) is 0.278. The Kier molecular flexibility index (Phi) is 3.20. The molecule has 0 aromatic heterocycles. The molecule has 0 fully saturated rings. The second kappa shape index (κ2) is 5.00. The Morgan fingerprint density at radius 3 is 2.63 bits per heavy atom. The topological polar surface area (TPSA) is 17.1 Å². The SMILES string of the molecule is CC1CCC(=O)c2cc(Cc3ccccc3)ccc21. The summed E-state index contributed by atoms with van der Waals surface area (Å²) in [5.74, 6) is 0.821. The Balaban J connectivity index is 1.93. The Labute approximate surface area is 114 Å². The van der Waals surface area contributed by atoms with Crippen molar-refractivity contribution in [2.24, 2.45) is 0 Å². The monoisotopic (exact) mass is 250 g/mol. The van der Waals surface area contributed by atoms with E-state index in [0.717, 1.165) is 18.4 Å². The molecule has 1 heteroatoms. The van der Waals surface area contributed by atoms with E-state index in [-0.39, 0.29) is 0 Å². The Morgan fingerprint density at radius 2 is 1.84 bits per heavy atom. The van der Waals surface area contributed by atoms with Crippen LogP contribution in [0.1, 0.15) is 52.7 Å². The first kappa shape index (κ1) is 12.2. The summed E-state index contributed by atoms with van der Waals surface area (Å²) < 4.78 is 0. The van der Waals surface area contributed by atoms with Crippen molar-refractivity contribution in [1.29, 1.82) is 0 Å². The van der Waals surface area contributed by atoms with Crippen LogP contribution in [-0.4, -0.2) is 5.78 Å². The van der Waals surface area contributed by atoms with Gasteiger partial charge in [0.15, 0.2) is 5.78 Å². The van der Waals surface area contributed by atoms with Gasteiger partial charge >= 0.3 is 0 Å². The minimum Gasteiger partial charge on any atom is -0.294 e. The van der Waals surface area contributed by atoms with Crippen LogP contribution in [0.15, 0.2) is 48.5 Å². The number of fused-ring (bicyclic) bond motifs is 1. The molecule has 0 heterocycles. The summed E-state index contributed by atoms with van der Waals surface area (Å²) in [4.78, 5) is 12.0. The van der Waals surface area contributed by atoms with Gasteiger partial charge in [-0.3, -0.25) is 4.79 Å². The summed E-state index contributed by atoms with van der Waals surface area (Å²) in [7, 11) is 0. The van der Waals surface area contributed by atoms with E-state index < -0.39 is 0 Å². The van der Waals surface area contributed by atoms with Gasteiger partial charge in [-0.1, -0.05) is 49.4 Å². The number of carbonyl (C=O) groups is 1. The van der Waals surface area contributed by atoms with E-state index in [2.05, 4.69) is 49.4 Å². The molecule has 0 radical (unpaired) electrons. The molecule has 96 valence electrons. The highest BCUT2D eigenvalue weighted by Crippen LogP contribution is 2.31. The third-order valence-electron chi connectivity index (χ3n) is 4.00. The fourth-order valence-corrected chi connectivity index (χ4v) is 2.85. The van der Waals surface area contributed by atoms with Crippen LogP contribution in [0.5, 0.6) is 0 Å². The highest BCUT2D eigenvalue weighted by atomic mass is 16.1. The zero-order valence-electron chi connectivity index (χ0n) is 11.2. The molecule has 1 unspecified atom stereocenters. The van der Waals surface area contributed by atoms with Crippen LogP contribution < -0.4 is 0 Å². The van der Waals surface area contributed by atoms with Gasteiger partial charge in [0.2, 0.25) is 0 Å². The van der Waals surface area contributed by atoms with Crippen LogP contribution in [-0.2, 0) is 6.42 Å². The standard InChI is InChI=1S/C18H18O/c1-13-7-10-18(19)17-12-15(8-9-16(13)17)11-14-5-3-2-4-6-14/h2-6,8-9,12-13H,7,10-11H2,1H3. The van der Waals surface area contributed by atoms with Crippen molar-refractivity contribution in [2.45, 2.75) is 32.1 Å². The summed E-state index contributed by atoms with van der Waals surface area (Å²) in [5, 5.41) is 0. The first-order valence-corrected chi connectivity index (χ1v) is 6.94. The maximum atomic E-state index is 12.0. The van der Waals surface area contributed by atoms with Gasteiger partial charge in [0.05, 0.1) is 0 Å². The molecule has 0 aliphatic heterocycles. The third kappa shape index (κ3) is 2.46. The smallest absolute Gasteiger partial charge is 0.163 e. The summed E-state index contributed by atoms with van der Waals surface area (Å²) in [5.41, 5.74) is 4.70. The molecule has 0 amide bonds. The lowest BCUT2D eigenvalue weighted by Gasteiger charge is -2.21. The quantitative estimate of drug-likeness (QED) is 0.774. The largest absolute Gasteiger partial charge is 0.294 e.